The summed E-state index contributed by atoms with van der Waals surface area (Å²) in [6, 6.07) is 22.7. The van der Waals surface area contributed by atoms with Crippen LogP contribution in [0.3, 0.4) is 0 Å². The number of aromatic nitrogens is 1. The first-order chi connectivity index (χ1) is 18.0. The number of benzene rings is 3. The van der Waals surface area contributed by atoms with Crippen molar-refractivity contribution in [2.24, 2.45) is 5.92 Å². The number of piperidine rings is 3. The average molecular weight is 577 g/mol. The minimum absolute atomic E-state index is 0. The van der Waals surface area contributed by atoms with Crippen molar-refractivity contribution in [3.05, 3.63) is 108 Å². The van der Waals surface area contributed by atoms with E-state index >= 15 is 0 Å². The molecule has 1 aromatic heterocycles. The first-order valence-corrected chi connectivity index (χ1v) is 13.1. The van der Waals surface area contributed by atoms with Gasteiger partial charge in [-0.2, -0.15) is 0 Å². The standard InChI is InChI=1S/C31H30FN2O3.BrH/c1-31(25-9-2-4-11-27(25)37-28-12-5-3-10-26(28)31)30-33-18-24(36-30)19-34-15-13-21(14-16-34)29(20-34)35-23-8-6-7-22(32)17-23;/h2-12,17-18,21,29H,13-16,19-20H2,1H3;1H/q+1;/p-1/t21?,29-,34?;/m0./s1. The van der Waals surface area contributed by atoms with Gasteiger partial charge in [0.15, 0.2) is 11.9 Å². The van der Waals surface area contributed by atoms with E-state index < -0.39 is 5.41 Å². The molecule has 3 fully saturated rings. The highest BCUT2D eigenvalue weighted by molar-refractivity contribution is 5.60. The zero-order valence-electron chi connectivity index (χ0n) is 21.3. The maximum Gasteiger partial charge on any atom is 0.209 e. The van der Waals surface area contributed by atoms with Crippen LogP contribution in [-0.2, 0) is 12.0 Å². The van der Waals surface area contributed by atoms with Crippen LogP contribution in [0, 0.1) is 11.7 Å². The van der Waals surface area contributed by atoms with Crippen molar-refractivity contribution in [1.82, 2.24) is 4.98 Å². The highest BCUT2D eigenvalue weighted by atomic mass is 79.9. The smallest absolute Gasteiger partial charge is 0.209 e. The second-order valence-electron chi connectivity index (χ2n) is 10.9. The van der Waals surface area contributed by atoms with Gasteiger partial charge >= 0.3 is 0 Å². The van der Waals surface area contributed by atoms with Crippen LogP contribution in [0.25, 0.3) is 0 Å². The van der Waals surface area contributed by atoms with Crippen LogP contribution in [0.1, 0.15) is 42.5 Å². The first kappa shape index (κ1) is 25.1. The van der Waals surface area contributed by atoms with Crippen molar-refractivity contribution < 1.29 is 39.7 Å². The Kier molecular flexibility index (Phi) is 6.31. The van der Waals surface area contributed by atoms with Crippen LogP contribution in [0.15, 0.2) is 83.4 Å². The van der Waals surface area contributed by atoms with E-state index in [2.05, 4.69) is 19.1 Å². The second kappa shape index (κ2) is 9.54. The third-order valence-corrected chi connectivity index (χ3v) is 8.67. The van der Waals surface area contributed by atoms with Crippen LogP contribution < -0.4 is 26.5 Å². The third kappa shape index (κ3) is 4.12. The SMILES string of the molecule is CC1(c2ncc(C[N+]34CCC(CC3)[C@@H](Oc3cccc(F)c3)C4)o2)c2ccccc2Oc2ccccc21.[Br-]. The molecule has 2 bridgehead atoms. The van der Waals surface area contributed by atoms with Gasteiger partial charge in [0.05, 0.1) is 19.3 Å². The van der Waals surface area contributed by atoms with E-state index in [1.165, 1.54) is 12.1 Å². The van der Waals surface area contributed by atoms with Gasteiger partial charge in [0, 0.05) is 36.0 Å². The van der Waals surface area contributed by atoms with Gasteiger partial charge in [-0.15, -0.1) is 0 Å². The van der Waals surface area contributed by atoms with Crippen LogP contribution in [-0.4, -0.2) is 35.2 Å². The van der Waals surface area contributed by atoms with E-state index in [1.54, 1.807) is 6.07 Å². The molecule has 0 spiro atoms. The zero-order chi connectivity index (χ0) is 25.0. The summed E-state index contributed by atoms with van der Waals surface area (Å²) in [5.41, 5.74) is 1.55. The molecule has 38 heavy (non-hydrogen) atoms. The Morgan fingerprint density at radius 2 is 1.66 bits per heavy atom. The molecule has 3 saturated heterocycles. The fourth-order valence-electron chi connectivity index (χ4n) is 6.67. The number of oxazole rings is 1. The maximum atomic E-state index is 13.7. The first-order valence-electron chi connectivity index (χ1n) is 13.1. The molecule has 0 radical (unpaired) electrons. The minimum atomic E-state index is -0.554. The summed E-state index contributed by atoms with van der Waals surface area (Å²) in [6.07, 6.45) is 4.20. The number of halogens is 2. The minimum Gasteiger partial charge on any atom is -1.00 e. The predicted octanol–water partition coefficient (Wildman–Crippen LogP) is 3.47. The lowest BCUT2D eigenvalue weighted by Gasteiger charge is -2.51. The topological polar surface area (TPSA) is 44.5 Å². The van der Waals surface area contributed by atoms with Gasteiger partial charge in [-0.3, -0.25) is 0 Å². The number of rotatable bonds is 5. The third-order valence-electron chi connectivity index (χ3n) is 8.67. The lowest BCUT2D eigenvalue weighted by Crippen LogP contribution is -3.00. The monoisotopic (exact) mass is 576 g/mol. The van der Waals surface area contributed by atoms with Gasteiger partial charge in [-0.05, 0) is 31.2 Å². The quantitative estimate of drug-likeness (QED) is 0.341. The van der Waals surface area contributed by atoms with Gasteiger partial charge in [-0.1, -0.05) is 42.5 Å². The summed E-state index contributed by atoms with van der Waals surface area (Å²) < 4.78 is 33.8. The van der Waals surface area contributed by atoms with E-state index in [0.29, 0.717) is 17.6 Å². The summed E-state index contributed by atoms with van der Waals surface area (Å²) in [5, 5.41) is 0. The molecule has 4 aromatic rings. The van der Waals surface area contributed by atoms with Gasteiger partial charge in [0.25, 0.3) is 0 Å². The molecule has 0 N–H and O–H groups in total. The molecule has 0 unspecified atom stereocenters. The van der Waals surface area contributed by atoms with E-state index in [0.717, 1.165) is 71.9 Å². The fourth-order valence-corrected chi connectivity index (χ4v) is 6.67. The Morgan fingerprint density at radius 3 is 2.34 bits per heavy atom. The lowest BCUT2D eigenvalue weighted by molar-refractivity contribution is -0.958. The number of nitrogens with zero attached hydrogens (tertiary/aromatic N) is 2. The van der Waals surface area contributed by atoms with Gasteiger partial charge in [-0.25, -0.2) is 9.37 Å². The number of hydrogen-bond donors (Lipinski definition) is 0. The van der Waals surface area contributed by atoms with Crippen molar-refractivity contribution in [1.29, 1.82) is 0 Å². The second-order valence-corrected chi connectivity index (χ2v) is 10.9. The van der Waals surface area contributed by atoms with Crippen molar-refractivity contribution in [3.63, 3.8) is 0 Å². The molecule has 8 rings (SSSR count). The van der Waals surface area contributed by atoms with Gasteiger partial charge in [0.1, 0.15) is 41.6 Å². The number of fused-ring (bicyclic) bond motifs is 5. The lowest BCUT2D eigenvalue weighted by atomic mass is 9.74. The van der Waals surface area contributed by atoms with Gasteiger partial charge in [0.2, 0.25) is 5.89 Å². The van der Waals surface area contributed by atoms with E-state index in [4.69, 9.17) is 18.9 Å². The van der Waals surface area contributed by atoms with Crippen molar-refractivity contribution in [2.45, 2.75) is 37.8 Å². The molecule has 1 atom stereocenters. The Bertz CT molecular complexity index is 1420. The largest absolute Gasteiger partial charge is 1.00 e. The average Bonchev–Trinajstić information content (AvgIpc) is 3.38. The van der Waals surface area contributed by atoms with E-state index in [1.807, 2.05) is 48.7 Å². The Morgan fingerprint density at radius 1 is 0.974 bits per heavy atom. The molecule has 4 aliphatic heterocycles. The number of para-hydroxylation sites is 2. The number of quaternary nitrogens is 1. The zero-order valence-corrected chi connectivity index (χ0v) is 22.9. The highest BCUT2D eigenvalue weighted by Crippen LogP contribution is 2.51. The predicted molar refractivity (Wildman–Crippen MR) is 137 cm³/mol. The molecule has 4 aliphatic rings. The number of ether oxygens (including phenoxy) is 2. The Labute approximate surface area is 232 Å². The van der Waals surface area contributed by atoms with Crippen molar-refractivity contribution in [2.75, 3.05) is 19.6 Å². The maximum absolute atomic E-state index is 13.7. The molecular formula is C31H30BrFN2O3. The fraction of sp³-hybridized carbons (Fsp3) is 0.323. The van der Waals surface area contributed by atoms with Crippen molar-refractivity contribution in [3.8, 4) is 17.2 Å². The molecule has 7 heteroatoms. The molecule has 5 heterocycles. The van der Waals surface area contributed by atoms with Gasteiger partial charge < -0.3 is 35.4 Å². The number of hydrogen-bond acceptors (Lipinski definition) is 4. The normalized spacial score (nSPS) is 24.5. The molecule has 0 aliphatic carbocycles. The van der Waals surface area contributed by atoms with E-state index in [9.17, 15) is 4.39 Å². The molecular weight excluding hydrogens is 547 g/mol. The molecule has 196 valence electrons. The molecule has 0 saturated carbocycles. The summed E-state index contributed by atoms with van der Waals surface area (Å²) in [4.78, 5) is 4.84. The molecule has 3 aromatic carbocycles. The van der Waals surface area contributed by atoms with Crippen LogP contribution in [0.4, 0.5) is 4.39 Å². The summed E-state index contributed by atoms with van der Waals surface area (Å²) in [6.45, 7) is 6.04. The van der Waals surface area contributed by atoms with Crippen LogP contribution in [0.2, 0.25) is 0 Å². The molecule has 5 nitrogen and oxygen atoms in total. The van der Waals surface area contributed by atoms with Crippen LogP contribution in [0.5, 0.6) is 17.2 Å². The summed E-state index contributed by atoms with van der Waals surface area (Å²) in [7, 11) is 0. The van der Waals surface area contributed by atoms with E-state index in [-0.39, 0.29) is 28.9 Å². The Hall–Kier alpha value is -3.16. The summed E-state index contributed by atoms with van der Waals surface area (Å²) >= 11 is 0. The van der Waals surface area contributed by atoms with Crippen molar-refractivity contribution >= 4 is 0 Å². The highest BCUT2D eigenvalue weighted by Gasteiger charge is 2.48. The Balaban J connectivity index is 0.00000264. The summed E-state index contributed by atoms with van der Waals surface area (Å²) in [5.74, 6) is 4.11. The van der Waals surface area contributed by atoms with Crippen LogP contribution >= 0.6 is 0 Å². The molecule has 0 amide bonds.